The molecule has 0 aliphatic carbocycles. The average molecular weight is 434 g/mol. The van der Waals surface area contributed by atoms with Gasteiger partial charge in [0.05, 0.1) is 22.2 Å². The van der Waals surface area contributed by atoms with Gasteiger partial charge in [-0.3, -0.25) is 4.79 Å². The fourth-order valence-corrected chi connectivity index (χ4v) is 4.56. The van der Waals surface area contributed by atoms with Gasteiger partial charge in [0.25, 0.3) is 5.91 Å². The molecule has 0 fully saturated rings. The Hall–Kier alpha value is -3.16. The van der Waals surface area contributed by atoms with E-state index >= 15 is 0 Å². The van der Waals surface area contributed by atoms with Crippen LogP contribution < -0.4 is 10.2 Å². The SMILES string of the molecule is O=C(CSc1nc2ccccc2s1)NN=Cc1ccccc1OCc1ccccc1. The Bertz CT molecular complexity index is 1130. The number of amides is 1. The van der Waals surface area contributed by atoms with Gasteiger partial charge < -0.3 is 4.74 Å². The molecular formula is C23H19N3O2S2. The highest BCUT2D eigenvalue weighted by Crippen LogP contribution is 2.29. The van der Waals surface area contributed by atoms with Crippen molar-refractivity contribution in [2.75, 3.05) is 5.75 Å². The zero-order valence-electron chi connectivity index (χ0n) is 16.0. The van der Waals surface area contributed by atoms with E-state index in [4.69, 9.17) is 4.74 Å². The van der Waals surface area contributed by atoms with Gasteiger partial charge in [0.15, 0.2) is 4.34 Å². The Morgan fingerprint density at radius 2 is 1.80 bits per heavy atom. The fraction of sp³-hybridized carbons (Fsp3) is 0.0870. The summed E-state index contributed by atoms with van der Waals surface area (Å²) in [5.74, 6) is 0.782. The van der Waals surface area contributed by atoms with Gasteiger partial charge in [-0.1, -0.05) is 66.4 Å². The van der Waals surface area contributed by atoms with Crippen molar-refractivity contribution in [3.8, 4) is 5.75 Å². The van der Waals surface area contributed by atoms with Crippen molar-refractivity contribution in [3.63, 3.8) is 0 Å². The number of thiazole rings is 1. The number of carbonyl (C=O) groups is 1. The Morgan fingerprint density at radius 3 is 2.67 bits per heavy atom. The molecule has 1 N–H and O–H groups in total. The zero-order valence-corrected chi connectivity index (χ0v) is 17.7. The van der Waals surface area contributed by atoms with Crippen molar-refractivity contribution in [3.05, 3.63) is 90.0 Å². The number of hydrogen-bond acceptors (Lipinski definition) is 6. The third-order valence-electron chi connectivity index (χ3n) is 4.15. The average Bonchev–Trinajstić information content (AvgIpc) is 3.21. The summed E-state index contributed by atoms with van der Waals surface area (Å²) in [6.45, 7) is 0.469. The molecule has 1 amide bonds. The highest BCUT2D eigenvalue weighted by molar-refractivity contribution is 8.01. The van der Waals surface area contributed by atoms with E-state index in [1.807, 2.05) is 78.9 Å². The predicted octanol–water partition coefficient (Wildman–Crippen LogP) is 5.12. The number of rotatable bonds is 8. The number of hydrogen-bond donors (Lipinski definition) is 1. The maximum atomic E-state index is 12.1. The summed E-state index contributed by atoms with van der Waals surface area (Å²) in [5.41, 5.74) is 5.41. The topological polar surface area (TPSA) is 63.6 Å². The maximum absolute atomic E-state index is 12.1. The molecule has 0 unspecified atom stereocenters. The van der Waals surface area contributed by atoms with E-state index < -0.39 is 0 Å². The predicted molar refractivity (Wildman–Crippen MR) is 123 cm³/mol. The molecule has 0 radical (unpaired) electrons. The molecule has 0 aliphatic heterocycles. The minimum atomic E-state index is -0.182. The molecule has 0 spiro atoms. The Kier molecular flexibility index (Phi) is 6.74. The zero-order chi connectivity index (χ0) is 20.6. The second-order valence-corrected chi connectivity index (χ2v) is 8.59. The summed E-state index contributed by atoms with van der Waals surface area (Å²) in [6, 6.07) is 25.5. The summed E-state index contributed by atoms with van der Waals surface area (Å²) in [4.78, 5) is 16.6. The summed E-state index contributed by atoms with van der Waals surface area (Å²) in [5, 5.41) is 4.08. The van der Waals surface area contributed by atoms with Crippen LogP contribution in [0.15, 0.2) is 88.3 Å². The highest BCUT2D eigenvalue weighted by Gasteiger charge is 2.07. The number of carbonyl (C=O) groups excluding carboxylic acids is 1. The standard InChI is InChI=1S/C23H19N3O2S2/c27-22(16-29-23-25-19-11-5-7-13-21(19)30-23)26-24-14-18-10-4-6-12-20(18)28-15-17-8-2-1-3-9-17/h1-14H,15-16H2,(H,26,27). The number of fused-ring (bicyclic) bond motifs is 1. The summed E-state index contributed by atoms with van der Waals surface area (Å²) in [7, 11) is 0. The van der Waals surface area contributed by atoms with E-state index in [2.05, 4.69) is 15.5 Å². The molecule has 150 valence electrons. The van der Waals surface area contributed by atoms with Crippen LogP contribution in [-0.2, 0) is 11.4 Å². The van der Waals surface area contributed by atoms with Gasteiger partial charge in [0.1, 0.15) is 12.4 Å². The van der Waals surface area contributed by atoms with Crippen molar-refractivity contribution in [1.82, 2.24) is 10.4 Å². The van der Waals surface area contributed by atoms with Gasteiger partial charge in [-0.25, -0.2) is 10.4 Å². The summed E-state index contributed by atoms with van der Waals surface area (Å²) >= 11 is 2.99. The number of benzene rings is 3. The first-order valence-corrected chi connectivity index (χ1v) is 11.1. The lowest BCUT2D eigenvalue weighted by Crippen LogP contribution is -2.19. The van der Waals surface area contributed by atoms with Crippen molar-refractivity contribution >= 4 is 45.4 Å². The van der Waals surface area contributed by atoms with Gasteiger partial charge in [0.2, 0.25) is 0 Å². The van der Waals surface area contributed by atoms with E-state index in [1.54, 1.807) is 17.6 Å². The van der Waals surface area contributed by atoms with Crippen LogP contribution in [0.25, 0.3) is 10.2 Å². The van der Waals surface area contributed by atoms with Crippen LogP contribution >= 0.6 is 23.1 Å². The van der Waals surface area contributed by atoms with Gasteiger partial charge in [-0.15, -0.1) is 11.3 Å². The van der Waals surface area contributed by atoms with E-state index in [9.17, 15) is 4.79 Å². The number of hydrazone groups is 1. The molecule has 1 aromatic heterocycles. The second kappa shape index (κ2) is 10.0. The first kappa shape index (κ1) is 20.1. The molecule has 0 atom stereocenters. The first-order chi connectivity index (χ1) is 14.8. The van der Waals surface area contributed by atoms with Gasteiger partial charge >= 0.3 is 0 Å². The molecule has 30 heavy (non-hydrogen) atoms. The molecule has 4 aromatic rings. The maximum Gasteiger partial charge on any atom is 0.250 e. The molecule has 0 aliphatic rings. The van der Waals surface area contributed by atoms with Crippen LogP contribution in [-0.4, -0.2) is 22.9 Å². The van der Waals surface area contributed by atoms with E-state index in [1.165, 1.54) is 11.8 Å². The summed E-state index contributed by atoms with van der Waals surface area (Å²) in [6.07, 6.45) is 1.60. The van der Waals surface area contributed by atoms with Crippen molar-refractivity contribution in [1.29, 1.82) is 0 Å². The van der Waals surface area contributed by atoms with Gasteiger partial charge in [-0.05, 0) is 29.8 Å². The smallest absolute Gasteiger partial charge is 0.250 e. The minimum absolute atomic E-state index is 0.182. The molecule has 1 heterocycles. The fourth-order valence-electron chi connectivity index (χ4n) is 2.70. The number of nitrogens with one attached hydrogen (secondary N) is 1. The minimum Gasteiger partial charge on any atom is -0.488 e. The normalized spacial score (nSPS) is 11.1. The highest BCUT2D eigenvalue weighted by atomic mass is 32.2. The molecule has 4 rings (SSSR count). The lowest BCUT2D eigenvalue weighted by Gasteiger charge is -2.08. The van der Waals surface area contributed by atoms with Gasteiger partial charge in [-0.2, -0.15) is 5.10 Å². The number of ether oxygens (including phenoxy) is 1. The van der Waals surface area contributed by atoms with Crippen molar-refractivity contribution in [2.45, 2.75) is 10.9 Å². The lowest BCUT2D eigenvalue weighted by atomic mass is 10.2. The quantitative estimate of drug-likeness (QED) is 0.238. The molecule has 0 saturated heterocycles. The number of aromatic nitrogens is 1. The Balaban J connectivity index is 1.30. The van der Waals surface area contributed by atoms with Crippen LogP contribution in [0, 0.1) is 0 Å². The van der Waals surface area contributed by atoms with Crippen molar-refractivity contribution < 1.29 is 9.53 Å². The van der Waals surface area contributed by atoms with E-state index in [0.29, 0.717) is 12.4 Å². The Morgan fingerprint density at radius 1 is 1.03 bits per heavy atom. The number of thioether (sulfide) groups is 1. The number of nitrogens with zero attached hydrogens (tertiary/aromatic N) is 2. The summed E-state index contributed by atoms with van der Waals surface area (Å²) < 4.78 is 7.89. The van der Waals surface area contributed by atoms with E-state index in [-0.39, 0.29) is 11.7 Å². The molecular weight excluding hydrogens is 414 g/mol. The molecule has 0 saturated carbocycles. The monoisotopic (exact) mass is 433 g/mol. The van der Waals surface area contributed by atoms with Crippen LogP contribution in [0.2, 0.25) is 0 Å². The van der Waals surface area contributed by atoms with Crippen molar-refractivity contribution in [2.24, 2.45) is 5.10 Å². The molecule has 5 nitrogen and oxygen atoms in total. The van der Waals surface area contributed by atoms with Crippen LogP contribution in [0.1, 0.15) is 11.1 Å². The van der Waals surface area contributed by atoms with Gasteiger partial charge in [0, 0.05) is 5.56 Å². The van der Waals surface area contributed by atoms with Crippen LogP contribution in [0.4, 0.5) is 0 Å². The Labute approximate surface area is 182 Å². The van der Waals surface area contributed by atoms with Crippen LogP contribution in [0.3, 0.4) is 0 Å². The third-order valence-corrected chi connectivity index (χ3v) is 6.33. The second-order valence-electron chi connectivity index (χ2n) is 6.34. The first-order valence-electron chi connectivity index (χ1n) is 9.34. The van der Waals surface area contributed by atoms with Crippen LogP contribution in [0.5, 0.6) is 5.75 Å². The molecule has 3 aromatic carbocycles. The molecule has 0 bridgehead atoms. The third kappa shape index (κ3) is 5.46. The molecule has 7 heteroatoms. The van der Waals surface area contributed by atoms with E-state index in [0.717, 1.165) is 25.7 Å². The largest absolute Gasteiger partial charge is 0.488 e. The number of para-hydroxylation sites is 2. The lowest BCUT2D eigenvalue weighted by molar-refractivity contribution is -0.118.